The Morgan fingerprint density at radius 1 is 0.611 bits per heavy atom. The maximum Gasteiger partial charge on any atom is 0.283 e. The van der Waals surface area contributed by atoms with Crippen molar-refractivity contribution in [3.05, 3.63) is 0 Å². The van der Waals surface area contributed by atoms with E-state index >= 15 is 0 Å². The summed E-state index contributed by atoms with van der Waals surface area (Å²) in [5, 5.41) is 0.561. The second-order valence-electron chi connectivity index (χ2n) is 9.48. The Morgan fingerprint density at radius 2 is 1.06 bits per heavy atom. The zero-order valence-electron chi connectivity index (χ0n) is 23.1. The third-order valence-electron chi connectivity index (χ3n) is 5.13. The molecule has 0 aliphatic heterocycles. The van der Waals surface area contributed by atoms with Crippen LogP contribution in [0.15, 0.2) is 0 Å². The van der Waals surface area contributed by atoms with Crippen LogP contribution in [0.25, 0.3) is 0 Å². The summed E-state index contributed by atoms with van der Waals surface area (Å²) in [6.07, 6.45) is 19.3. The van der Waals surface area contributed by atoms with E-state index < -0.39 is 0 Å². The van der Waals surface area contributed by atoms with E-state index in [-0.39, 0.29) is 21.1 Å². The third-order valence-corrected chi connectivity index (χ3v) is 12.5. The fourth-order valence-electron chi connectivity index (χ4n) is 3.31. The quantitative estimate of drug-likeness (QED) is 0.0593. The topological polar surface area (TPSA) is 52.6 Å². The van der Waals surface area contributed by atoms with Gasteiger partial charge in [0.25, 0.3) is 8.89 Å². The molecule has 0 aromatic heterocycles. The Hall–Kier alpha value is 1.36. The first kappa shape index (κ1) is 37.4. The molecule has 0 aliphatic rings. The summed E-state index contributed by atoms with van der Waals surface area (Å²) >= 11 is 1.95. The van der Waals surface area contributed by atoms with Crippen molar-refractivity contribution in [3.8, 4) is 0 Å². The highest BCUT2D eigenvalue weighted by molar-refractivity contribution is 8.86. The summed E-state index contributed by atoms with van der Waals surface area (Å²) in [6.45, 7) is 10.0. The number of unbranched alkanes of at least 4 members (excludes halogenated alkanes) is 11. The first-order chi connectivity index (χ1) is 17.3. The predicted molar refractivity (Wildman–Crippen MR) is 172 cm³/mol. The molecule has 214 valence electrons. The molecular weight excluding hydrogens is 569 g/mol. The van der Waals surface area contributed by atoms with Crippen LogP contribution in [0, 0.1) is 0 Å². The van der Waals surface area contributed by atoms with E-state index in [9.17, 15) is 9.59 Å². The van der Waals surface area contributed by atoms with Crippen molar-refractivity contribution < 1.29 is 18.0 Å². The van der Waals surface area contributed by atoms with Gasteiger partial charge >= 0.3 is 0 Å². The molecule has 0 aromatic rings. The number of hydrogen-bond donors (Lipinski definition) is 0. The Kier molecular flexibility index (Phi) is 29.0. The van der Waals surface area contributed by atoms with Crippen molar-refractivity contribution in [1.29, 1.82) is 0 Å². The Bertz CT molecular complexity index is 523. The van der Waals surface area contributed by atoms with Gasteiger partial charge in [-0.1, -0.05) is 106 Å². The molecule has 0 aliphatic carbocycles. The molecule has 1 atom stereocenters. The summed E-state index contributed by atoms with van der Waals surface area (Å²) in [4.78, 5) is 23.7. The lowest BCUT2D eigenvalue weighted by Gasteiger charge is -2.15. The van der Waals surface area contributed by atoms with Gasteiger partial charge in [0.1, 0.15) is 0 Å². The van der Waals surface area contributed by atoms with Gasteiger partial charge in [0.15, 0.2) is 0 Å². The molecule has 0 amide bonds. The van der Waals surface area contributed by atoms with Gasteiger partial charge in [-0.05, 0) is 68.5 Å². The smallest absolute Gasteiger partial charge is 0.283 e. The highest BCUT2D eigenvalue weighted by Gasteiger charge is 2.14. The van der Waals surface area contributed by atoms with Gasteiger partial charge in [-0.15, -0.1) is 0 Å². The van der Waals surface area contributed by atoms with Gasteiger partial charge < -0.3 is 8.37 Å². The van der Waals surface area contributed by atoms with Crippen molar-refractivity contribution in [2.75, 3.05) is 5.75 Å². The minimum absolute atomic E-state index is 0.0343. The van der Waals surface area contributed by atoms with Gasteiger partial charge in [-0.25, -0.2) is 0 Å². The van der Waals surface area contributed by atoms with Crippen LogP contribution in [-0.4, -0.2) is 32.1 Å². The zero-order chi connectivity index (χ0) is 26.9. The molecule has 4 nitrogen and oxygen atoms in total. The minimum atomic E-state index is 0.0343. The fourth-order valence-corrected chi connectivity index (χ4v) is 8.95. The van der Waals surface area contributed by atoms with Crippen molar-refractivity contribution in [2.24, 2.45) is 0 Å². The maximum absolute atomic E-state index is 12.1. The van der Waals surface area contributed by atoms with Gasteiger partial charge in [-0.2, -0.15) is 0 Å². The van der Waals surface area contributed by atoms with E-state index in [1.54, 1.807) is 21.6 Å². The lowest BCUT2D eigenvalue weighted by atomic mass is 10.0. The number of hydrogen-bond acceptors (Lipinski definition) is 10. The molecular formula is C26H50O4S6. The first-order valence-corrected chi connectivity index (χ1v) is 19.7. The van der Waals surface area contributed by atoms with Crippen LogP contribution in [0.2, 0.25) is 0 Å². The van der Waals surface area contributed by atoms with Gasteiger partial charge in [0.05, 0.1) is 36.3 Å². The molecule has 0 rings (SSSR count). The summed E-state index contributed by atoms with van der Waals surface area (Å²) in [5.74, 6) is 1.02. The standard InChI is InChI=1S/C26H50O4S6/c1-6-7-8-9-13-16-19-24(34-36-26(28)33-30-23(4)5)20-17-14-11-10-12-15-18-21-31-35-25(27)32-29-22(2)3/h22-24H,6-21H2,1-5H3. The van der Waals surface area contributed by atoms with E-state index in [1.807, 2.05) is 27.7 Å². The van der Waals surface area contributed by atoms with Crippen LogP contribution in [0.4, 0.5) is 9.59 Å². The van der Waals surface area contributed by atoms with Crippen LogP contribution in [0.3, 0.4) is 0 Å². The largest absolute Gasteiger partial charge is 0.305 e. The van der Waals surface area contributed by atoms with Crippen molar-refractivity contribution in [1.82, 2.24) is 0 Å². The average molecular weight is 619 g/mol. The molecule has 0 aromatic carbocycles. The molecule has 0 saturated carbocycles. The monoisotopic (exact) mass is 618 g/mol. The molecule has 0 fully saturated rings. The molecule has 0 radical (unpaired) electrons. The number of carbonyl (C=O) groups excluding carboxylic acids is 2. The van der Waals surface area contributed by atoms with Gasteiger partial charge in [0, 0.05) is 11.0 Å². The first-order valence-electron chi connectivity index (χ1n) is 13.7. The zero-order valence-corrected chi connectivity index (χ0v) is 28.0. The molecule has 0 saturated heterocycles. The van der Waals surface area contributed by atoms with Gasteiger partial charge in [-0.3, -0.25) is 9.59 Å². The minimum Gasteiger partial charge on any atom is -0.305 e. The van der Waals surface area contributed by atoms with Gasteiger partial charge in [0.2, 0.25) is 0 Å². The van der Waals surface area contributed by atoms with Crippen LogP contribution < -0.4 is 0 Å². The van der Waals surface area contributed by atoms with Crippen LogP contribution in [-0.2, 0) is 8.37 Å². The van der Waals surface area contributed by atoms with E-state index in [1.165, 1.54) is 118 Å². The summed E-state index contributed by atoms with van der Waals surface area (Å²) in [6, 6.07) is 0. The third kappa shape index (κ3) is 28.4. The molecule has 0 N–H and O–H groups in total. The highest BCUT2D eigenvalue weighted by atomic mass is 33.1. The molecule has 10 heteroatoms. The molecule has 0 bridgehead atoms. The number of carbonyl (C=O) groups is 2. The molecule has 0 spiro atoms. The van der Waals surface area contributed by atoms with E-state index in [0.717, 1.165) is 29.8 Å². The summed E-state index contributed by atoms with van der Waals surface area (Å²) < 4.78 is 10.7. The maximum atomic E-state index is 12.1. The van der Waals surface area contributed by atoms with E-state index in [4.69, 9.17) is 8.37 Å². The lowest BCUT2D eigenvalue weighted by molar-refractivity contribution is 0.266. The SMILES string of the molecule is CCCCCCCCC(CCCCCCCCCSSC(=O)SOC(C)C)SSC(=O)SOC(C)C. The van der Waals surface area contributed by atoms with Crippen molar-refractivity contribution in [2.45, 2.75) is 148 Å². The lowest BCUT2D eigenvalue weighted by Crippen LogP contribution is -2.03. The Labute approximate surface area is 246 Å². The predicted octanol–water partition coefficient (Wildman–Crippen LogP) is 12.4. The average Bonchev–Trinajstić information content (AvgIpc) is 2.84. The normalized spacial score (nSPS) is 12.5. The summed E-state index contributed by atoms with van der Waals surface area (Å²) in [7, 11) is 6.07. The number of rotatable bonds is 24. The molecule has 1 unspecified atom stereocenters. The Balaban J connectivity index is 3.87. The van der Waals surface area contributed by atoms with Crippen LogP contribution >= 0.6 is 67.3 Å². The van der Waals surface area contributed by atoms with E-state index in [0.29, 0.717) is 5.25 Å². The fraction of sp³-hybridized carbons (Fsp3) is 0.923. The van der Waals surface area contributed by atoms with E-state index in [2.05, 4.69) is 6.92 Å². The van der Waals surface area contributed by atoms with Crippen molar-refractivity contribution >= 4 is 76.2 Å². The highest BCUT2D eigenvalue weighted by Crippen LogP contribution is 2.37. The van der Waals surface area contributed by atoms with Crippen molar-refractivity contribution in [3.63, 3.8) is 0 Å². The Morgan fingerprint density at radius 3 is 1.56 bits per heavy atom. The summed E-state index contributed by atoms with van der Waals surface area (Å²) in [5.41, 5.74) is 0. The van der Waals surface area contributed by atoms with Crippen LogP contribution in [0.5, 0.6) is 0 Å². The second-order valence-corrected chi connectivity index (χ2v) is 16.3. The van der Waals surface area contributed by atoms with Crippen LogP contribution in [0.1, 0.15) is 131 Å². The molecule has 36 heavy (non-hydrogen) atoms. The second kappa shape index (κ2) is 27.9. The molecule has 0 heterocycles.